The fraction of sp³-hybridized carbons (Fsp3) is 0.353. The average Bonchev–Trinajstić information content (AvgIpc) is 3.27. The van der Waals surface area contributed by atoms with E-state index in [1.54, 1.807) is 23.1 Å². The minimum Gasteiger partial charge on any atom is -0.298 e. The number of hydrogen-bond donors (Lipinski definition) is 1. The number of aromatic nitrogens is 5. The summed E-state index contributed by atoms with van der Waals surface area (Å²) in [5.74, 6) is 1.08. The van der Waals surface area contributed by atoms with E-state index in [9.17, 15) is 4.39 Å². The Bertz CT molecular complexity index is 797. The number of para-hydroxylation sites is 1. The molecule has 0 saturated carbocycles. The summed E-state index contributed by atoms with van der Waals surface area (Å²) in [6.07, 6.45) is 7.53. The highest BCUT2D eigenvalue weighted by atomic mass is 19.1. The van der Waals surface area contributed by atoms with E-state index in [-0.39, 0.29) is 5.82 Å². The first kappa shape index (κ1) is 15.0. The maximum Gasteiger partial charge on any atom is 0.148 e. The normalized spacial score (nSPS) is 18.8. The molecule has 1 fully saturated rings. The summed E-state index contributed by atoms with van der Waals surface area (Å²) >= 11 is 0. The number of nitrogens with zero attached hydrogens (tertiary/aromatic N) is 5. The van der Waals surface area contributed by atoms with Crippen LogP contribution in [-0.2, 0) is 6.54 Å². The second-order valence-corrected chi connectivity index (χ2v) is 6.19. The van der Waals surface area contributed by atoms with Crippen molar-refractivity contribution < 1.29 is 4.39 Å². The number of rotatable bonds is 4. The summed E-state index contributed by atoms with van der Waals surface area (Å²) in [6, 6.07) is 6.67. The molecule has 6 nitrogen and oxygen atoms in total. The van der Waals surface area contributed by atoms with Gasteiger partial charge in [0.15, 0.2) is 0 Å². The fourth-order valence-corrected chi connectivity index (χ4v) is 3.30. The first-order chi connectivity index (χ1) is 11.8. The lowest BCUT2D eigenvalue weighted by Crippen LogP contribution is -2.34. The Labute approximate surface area is 139 Å². The third kappa shape index (κ3) is 3.07. The van der Waals surface area contributed by atoms with E-state index >= 15 is 0 Å². The molecule has 1 N–H and O–H groups in total. The molecule has 4 rings (SSSR count). The molecule has 1 aliphatic rings. The summed E-state index contributed by atoms with van der Waals surface area (Å²) in [7, 11) is 0. The highest BCUT2D eigenvalue weighted by molar-refractivity contribution is 5.32. The maximum absolute atomic E-state index is 13.9. The molecule has 0 radical (unpaired) electrons. The Hall–Kier alpha value is -2.54. The number of halogens is 1. The third-order valence-corrected chi connectivity index (χ3v) is 4.47. The highest BCUT2D eigenvalue weighted by Gasteiger charge is 2.23. The minimum atomic E-state index is -0.268. The van der Waals surface area contributed by atoms with Crippen molar-refractivity contribution in [3.63, 3.8) is 0 Å². The third-order valence-electron chi connectivity index (χ3n) is 4.47. The predicted octanol–water partition coefficient (Wildman–Crippen LogP) is 2.51. The van der Waals surface area contributed by atoms with E-state index in [4.69, 9.17) is 0 Å². The van der Waals surface area contributed by atoms with Gasteiger partial charge in [-0.25, -0.2) is 14.1 Å². The van der Waals surface area contributed by atoms with Gasteiger partial charge in [-0.1, -0.05) is 12.1 Å². The van der Waals surface area contributed by atoms with Crippen molar-refractivity contribution in [2.24, 2.45) is 0 Å². The molecular weight excluding hydrogens is 307 g/mol. The predicted molar refractivity (Wildman–Crippen MR) is 87.2 cm³/mol. The number of aromatic amines is 1. The van der Waals surface area contributed by atoms with Gasteiger partial charge in [-0.05, 0) is 31.5 Å². The largest absolute Gasteiger partial charge is 0.298 e. The van der Waals surface area contributed by atoms with Crippen molar-refractivity contribution in [1.29, 1.82) is 0 Å². The van der Waals surface area contributed by atoms with Crippen LogP contribution in [0.4, 0.5) is 4.39 Å². The Morgan fingerprint density at radius 2 is 2.21 bits per heavy atom. The standard InChI is InChI=1S/C17H19FN6/c18-15-5-1-2-6-16(15)24-10-13(8-21-24)9-23-7-3-4-14(11-23)17-19-12-20-22-17/h1-2,5-6,8,10,12,14H,3-4,7,9,11H2,(H,19,20,22)/t14-/m1/s1. The molecule has 1 aromatic carbocycles. The molecule has 7 heteroatoms. The van der Waals surface area contributed by atoms with Crippen LogP contribution in [0.15, 0.2) is 43.0 Å². The fourth-order valence-electron chi connectivity index (χ4n) is 3.30. The summed E-state index contributed by atoms with van der Waals surface area (Å²) in [5, 5.41) is 11.2. The lowest BCUT2D eigenvalue weighted by molar-refractivity contribution is 0.196. The zero-order chi connectivity index (χ0) is 16.4. The zero-order valence-corrected chi connectivity index (χ0v) is 13.3. The first-order valence-corrected chi connectivity index (χ1v) is 8.15. The quantitative estimate of drug-likeness (QED) is 0.800. The molecule has 24 heavy (non-hydrogen) atoms. The number of likely N-dealkylation sites (tertiary alicyclic amines) is 1. The van der Waals surface area contributed by atoms with Crippen LogP contribution in [0.5, 0.6) is 0 Å². The van der Waals surface area contributed by atoms with Gasteiger partial charge in [0, 0.05) is 30.8 Å². The molecular formula is C17H19FN6. The second-order valence-electron chi connectivity index (χ2n) is 6.19. The van der Waals surface area contributed by atoms with Crippen LogP contribution in [0.1, 0.15) is 30.1 Å². The number of piperidine rings is 1. The summed E-state index contributed by atoms with van der Waals surface area (Å²) < 4.78 is 15.5. The van der Waals surface area contributed by atoms with Gasteiger partial charge in [0.1, 0.15) is 23.7 Å². The molecule has 1 aliphatic heterocycles. The summed E-state index contributed by atoms with van der Waals surface area (Å²) in [5.41, 5.74) is 1.55. The van der Waals surface area contributed by atoms with Crippen LogP contribution in [0.25, 0.3) is 5.69 Å². The van der Waals surface area contributed by atoms with Crippen molar-refractivity contribution in [2.45, 2.75) is 25.3 Å². The highest BCUT2D eigenvalue weighted by Crippen LogP contribution is 2.25. The van der Waals surface area contributed by atoms with Crippen molar-refractivity contribution in [2.75, 3.05) is 13.1 Å². The molecule has 3 aromatic rings. The van der Waals surface area contributed by atoms with Crippen molar-refractivity contribution in [3.05, 3.63) is 60.2 Å². The second kappa shape index (κ2) is 6.52. The van der Waals surface area contributed by atoms with Crippen LogP contribution < -0.4 is 0 Å². The van der Waals surface area contributed by atoms with Crippen molar-refractivity contribution in [1.82, 2.24) is 29.9 Å². The molecule has 1 saturated heterocycles. The molecule has 0 bridgehead atoms. The molecule has 124 valence electrons. The van der Waals surface area contributed by atoms with Crippen LogP contribution in [-0.4, -0.2) is 43.0 Å². The Morgan fingerprint density at radius 1 is 1.29 bits per heavy atom. The van der Waals surface area contributed by atoms with Gasteiger partial charge in [0.25, 0.3) is 0 Å². The van der Waals surface area contributed by atoms with Crippen LogP contribution in [0, 0.1) is 5.82 Å². The van der Waals surface area contributed by atoms with E-state index in [1.165, 1.54) is 6.07 Å². The first-order valence-electron chi connectivity index (χ1n) is 8.15. The van der Waals surface area contributed by atoms with E-state index in [1.807, 2.05) is 18.5 Å². The van der Waals surface area contributed by atoms with Gasteiger partial charge in [0.2, 0.25) is 0 Å². The van der Waals surface area contributed by atoms with E-state index in [2.05, 4.69) is 25.2 Å². The molecule has 3 heterocycles. The lowest BCUT2D eigenvalue weighted by atomic mass is 9.97. The minimum absolute atomic E-state index is 0.268. The van der Waals surface area contributed by atoms with Crippen LogP contribution in [0.3, 0.4) is 0 Å². The van der Waals surface area contributed by atoms with Gasteiger partial charge in [-0.3, -0.25) is 10.00 Å². The van der Waals surface area contributed by atoms with Gasteiger partial charge >= 0.3 is 0 Å². The Morgan fingerprint density at radius 3 is 3.04 bits per heavy atom. The number of H-pyrrole nitrogens is 1. The molecule has 1 atom stereocenters. The SMILES string of the molecule is Fc1ccccc1-n1cc(CN2CCC[C@@H](c3ncn[nH]3)C2)cn1. The van der Waals surface area contributed by atoms with E-state index in [0.29, 0.717) is 11.6 Å². The van der Waals surface area contributed by atoms with Gasteiger partial charge in [0.05, 0.1) is 6.20 Å². The molecule has 0 unspecified atom stereocenters. The van der Waals surface area contributed by atoms with Gasteiger partial charge in [-0.2, -0.15) is 10.2 Å². The molecule has 0 spiro atoms. The number of hydrogen-bond acceptors (Lipinski definition) is 4. The Kier molecular flexibility index (Phi) is 4.08. The summed E-state index contributed by atoms with van der Waals surface area (Å²) in [4.78, 5) is 6.67. The zero-order valence-electron chi connectivity index (χ0n) is 13.3. The lowest BCUT2D eigenvalue weighted by Gasteiger charge is -2.31. The number of nitrogens with one attached hydrogen (secondary N) is 1. The molecule has 0 aliphatic carbocycles. The monoisotopic (exact) mass is 326 g/mol. The van der Waals surface area contributed by atoms with Crippen molar-refractivity contribution >= 4 is 0 Å². The smallest absolute Gasteiger partial charge is 0.148 e. The molecule has 0 amide bonds. The maximum atomic E-state index is 13.9. The van der Waals surface area contributed by atoms with Gasteiger partial charge in [-0.15, -0.1) is 0 Å². The molecule has 2 aromatic heterocycles. The van der Waals surface area contributed by atoms with Crippen molar-refractivity contribution in [3.8, 4) is 5.69 Å². The van der Waals surface area contributed by atoms with E-state index < -0.39 is 0 Å². The Balaban J connectivity index is 1.45. The number of benzene rings is 1. The topological polar surface area (TPSA) is 62.6 Å². The average molecular weight is 326 g/mol. The van der Waals surface area contributed by atoms with Crippen LogP contribution in [0.2, 0.25) is 0 Å². The van der Waals surface area contributed by atoms with Gasteiger partial charge < -0.3 is 0 Å². The van der Waals surface area contributed by atoms with Crippen LogP contribution >= 0.6 is 0 Å². The van der Waals surface area contributed by atoms with E-state index in [0.717, 1.165) is 43.9 Å². The summed E-state index contributed by atoms with van der Waals surface area (Å²) in [6.45, 7) is 2.80.